The molecular formula is C14H24O4. The highest BCUT2D eigenvalue weighted by atomic mass is 16.5. The van der Waals surface area contributed by atoms with Crippen LogP contribution in [0, 0.1) is 5.92 Å². The van der Waals surface area contributed by atoms with E-state index in [0.29, 0.717) is 18.9 Å². The Morgan fingerprint density at radius 3 is 2.94 bits per heavy atom. The molecule has 4 atom stereocenters. The first kappa shape index (κ1) is 13.8. The Kier molecular flexibility index (Phi) is 4.28. The zero-order valence-electron chi connectivity index (χ0n) is 11.4. The zero-order valence-corrected chi connectivity index (χ0v) is 11.4. The third kappa shape index (κ3) is 2.69. The summed E-state index contributed by atoms with van der Waals surface area (Å²) in [7, 11) is 0. The Morgan fingerprint density at radius 2 is 2.28 bits per heavy atom. The summed E-state index contributed by atoms with van der Waals surface area (Å²) in [5.74, 6) is 0.0901. The Balaban J connectivity index is 2.04. The molecule has 1 saturated carbocycles. The molecule has 0 radical (unpaired) electrons. The summed E-state index contributed by atoms with van der Waals surface area (Å²) in [6.07, 6.45) is 4.84. The number of hydrogen-bond acceptors (Lipinski definition) is 4. The third-order valence-corrected chi connectivity index (χ3v) is 4.26. The average molecular weight is 256 g/mol. The van der Waals surface area contributed by atoms with Crippen molar-refractivity contribution >= 4 is 5.97 Å². The first-order chi connectivity index (χ1) is 8.59. The van der Waals surface area contributed by atoms with E-state index in [1.807, 2.05) is 0 Å². The Morgan fingerprint density at radius 1 is 1.50 bits per heavy atom. The predicted octanol–water partition coefficient (Wildman–Crippen LogP) is 2.04. The van der Waals surface area contributed by atoms with Gasteiger partial charge in [-0.1, -0.05) is 13.3 Å². The van der Waals surface area contributed by atoms with Gasteiger partial charge in [0.25, 0.3) is 0 Å². The highest BCUT2D eigenvalue weighted by molar-refractivity contribution is 5.70. The first-order valence-electron chi connectivity index (χ1n) is 7.12. The second kappa shape index (κ2) is 5.57. The minimum Gasteiger partial charge on any atom is -0.466 e. The van der Waals surface area contributed by atoms with Gasteiger partial charge in [-0.05, 0) is 38.5 Å². The fourth-order valence-corrected chi connectivity index (χ4v) is 3.40. The second-order valence-electron chi connectivity index (χ2n) is 5.56. The van der Waals surface area contributed by atoms with Gasteiger partial charge in [0.05, 0.1) is 25.2 Å². The van der Waals surface area contributed by atoms with Crippen LogP contribution in [0.3, 0.4) is 0 Å². The quantitative estimate of drug-likeness (QED) is 0.782. The number of rotatable bonds is 4. The molecule has 0 aromatic heterocycles. The molecule has 0 aromatic rings. The van der Waals surface area contributed by atoms with Crippen molar-refractivity contribution in [1.29, 1.82) is 0 Å². The molecule has 1 saturated heterocycles. The molecule has 1 aliphatic heterocycles. The second-order valence-corrected chi connectivity index (χ2v) is 5.56. The van der Waals surface area contributed by atoms with Crippen LogP contribution in [0.2, 0.25) is 0 Å². The van der Waals surface area contributed by atoms with Gasteiger partial charge in [0.1, 0.15) is 5.60 Å². The smallest absolute Gasteiger partial charge is 0.308 e. The number of esters is 1. The van der Waals surface area contributed by atoms with E-state index in [-0.39, 0.29) is 24.6 Å². The van der Waals surface area contributed by atoms with Crippen molar-refractivity contribution in [2.75, 3.05) is 6.61 Å². The van der Waals surface area contributed by atoms with Gasteiger partial charge in [-0.3, -0.25) is 4.79 Å². The SMILES string of the molecule is CCOC(=O)CC1(O)CCCC2CC(CC)OC21. The molecule has 2 aliphatic rings. The highest BCUT2D eigenvalue weighted by Gasteiger charge is 2.51. The van der Waals surface area contributed by atoms with Gasteiger partial charge < -0.3 is 14.6 Å². The van der Waals surface area contributed by atoms with Crippen molar-refractivity contribution in [3.63, 3.8) is 0 Å². The molecule has 104 valence electrons. The van der Waals surface area contributed by atoms with Crippen LogP contribution < -0.4 is 0 Å². The van der Waals surface area contributed by atoms with Gasteiger partial charge in [0, 0.05) is 0 Å². The summed E-state index contributed by atoms with van der Waals surface area (Å²) in [6, 6.07) is 0. The molecule has 0 aromatic carbocycles. The summed E-state index contributed by atoms with van der Waals surface area (Å²) < 4.78 is 10.9. The summed E-state index contributed by atoms with van der Waals surface area (Å²) in [5, 5.41) is 10.7. The largest absolute Gasteiger partial charge is 0.466 e. The average Bonchev–Trinajstić information content (AvgIpc) is 2.74. The minimum atomic E-state index is -1.01. The molecule has 4 nitrogen and oxygen atoms in total. The van der Waals surface area contributed by atoms with E-state index in [4.69, 9.17) is 9.47 Å². The fraction of sp³-hybridized carbons (Fsp3) is 0.929. The van der Waals surface area contributed by atoms with Gasteiger partial charge in [-0.25, -0.2) is 0 Å². The van der Waals surface area contributed by atoms with Gasteiger partial charge in [0.2, 0.25) is 0 Å². The maximum atomic E-state index is 11.6. The van der Waals surface area contributed by atoms with Crippen molar-refractivity contribution in [3.8, 4) is 0 Å². The van der Waals surface area contributed by atoms with Crippen LogP contribution >= 0.6 is 0 Å². The van der Waals surface area contributed by atoms with Crippen molar-refractivity contribution in [2.45, 2.75) is 70.2 Å². The zero-order chi connectivity index (χ0) is 13.2. The summed E-state index contributed by atoms with van der Waals surface area (Å²) in [6.45, 7) is 4.25. The van der Waals surface area contributed by atoms with E-state index in [9.17, 15) is 9.90 Å². The Hall–Kier alpha value is -0.610. The van der Waals surface area contributed by atoms with E-state index in [1.54, 1.807) is 6.92 Å². The Labute approximate surface area is 109 Å². The molecule has 18 heavy (non-hydrogen) atoms. The number of fused-ring (bicyclic) bond motifs is 1. The molecule has 1 N–H and O–H groups in total. The molecule has 4 unspecified atom stereocenters. The van der Waals surface area contributed by atoms with Crippen LogP contribution in [0.4, 0.5) is 0 Å². The number of hydrogen-bond donors (Lipinski definition) is 1. The van der Waals surface area contributed by atoms with Gasteiger partial charge >= 0.3 is 5.97 Å². The van der Waals surface area contributed by atoms with Crippen LogP contribution in [0.15, 0.2) is 0 Å². The van der Waals surface area contributed by atoms with E-state index in [1.165, 1.54) is 0 Å². The van der Waals surface area contributed by atoms with Crippen LogP contribution in [-0.2, 0) is 14.3 Å². The van der Waals surface area contributed by atoms with Crippen LogP contribution in [0.5, 0.6) is 0 Å². The van der Waals surface area contributed by atoms with Crippen molar-refractivity contribution in [2.24, 2.45) is 5.92 Å². The number of carbonyl (C=O) groups excluding carboxylic acids is 1. The van der Waals surface area contributed by atoms with Gasteiger partial charge in [0.15, 0.2) is 0 Å². The molecular weight excluding hydrogens is 232 g/mol. The van der Waals surface area contributed by atoms with E-state index < -0.39 is 5.60 Å². The normalized spacial score (nSPS) is 39.4. The maximum absolute atomic E-state index is 11.6. The molecule has 2 rings (SSSR count). The number of ether oxygens (including phenoxy) is 2. The van der Waals surface area contributed by atoms with Crippen LogP contribution in [0.25, 0.3) is 0 Å². The molecule has 0 bridgehead atoms. The third-order valence-electron chi connectivity index (χ3n) is 4.26. The number of carbonyl (C=O) groups is 1. The van der Waals surface area contributed by atoms with E-state index in [0.717, 1.165) is 25.7 Å². The number of aliphatic hydroxyl groups is 1. The summed E-state index contributed by atoms with van der Waals surface area (Å²) in [4.78, 5) is 11.6. The summed E-state index contributed by atoms with van der Waals surface area (Å²) >= 11 is 0. The molecule has 0 amide bonds. The lowest BCUT2D eigenvalue weighted by Gasteiger charge is -2.40. The predicted molar refractivity (Wildman–Crippen MR) is 67.1 cm³/mol. The van der Waals surface area contributed by atoms with Crippen LogP contribution in [0.1, 0.15) is 52.4 Å². The first-order valence-corrected chi connectivity index (χ1v) is 7.12. The molecule has 4 heteroatoms. The topological polar surface area (TPSA) is 55.8 Å². The standard InChI is InChI=1S/C14H24O4/c1-3-11-8-10-6-5-7-14(16,13(10)18-11)9-12(15)17-4-2/h10-11,13,16H,3-9H2,1-2H3. The maximum Gasteiger partial charge on any atom is 0.308 e. The minimum absolute atomic E-state index is 0.0679. The highest BCUT2D eigenvalue weighted by Crippen LogP contribution is 2.45. The molecule has 1 heterocycles. The lowest BCUT2D eigenvalue weighted by Crippen LogP contribution is -2.50. The lowest BCUT2D eigenvalue weighted by atomic mass is 9.73. The Bertz CT molecular complexity index is 304. The molecule has 2 fully saturated rings. The summed E-state index contributed by atoms with van der Waals surface area (Å²) in [5.41, 5.74) is -1.01. The lowest BCUT2D eigenvalue weighted by molar-refractivity contribution is -0.167. The fourth-order valence-electron chi connectivity index (χ4n) is 3.40. The van der Waals surface area contributed by atoms with Crippen molar-refractivity contribution in [1.82, 2.24) is 0 Å². The van der Waals surface area contributed by atoms with Crippen molar-refractivity contribution < 1.29 is 19.4 Å². The van der Waals surface area contributed by atoms with Gasteiger partial charge in [-0.2, -0.15) is 0 Å². The van der Waals surface area contributed by atoms with E-state index >= 15 is 0 Å². The molecule has 1 aliphatic carbocycles. The molecule has 0 spiro atoms. The van der Waals surface area contributed by atoms with Crippen molar-refractivity contribution in [3.05, 3.63) is 0 Å². The van der Waals surface area contributed by atoms with Gasteiger partial charge in [-0.15, -0.1) is 0 Å². The van der Waals surface area contributed by atoms with Crippen LogP contribution in [-0.4, -0.2) is 35.5 Å². The monoisotopic (exact) mass is 256 g/mol. The van der Waals surface area contributed by atoms with E-state index in [2.05, 4.69) is 6.92 Å².